The molecule has 1 amide bonds. The molecule has 0 fully saturated rings. The first-order chi connectivity index (χ1) is 16.8. The number of carbonyl (C=O) groups excluding carboxylic acids is 1. The molecule has 0 aliphatic carbocycles. The Balaban J connectivity index is 1.35. The first kappa shape index (κ1) is 24.7. The highest BCUT2D eigenvalue weighted by Gasteiger charge is 2.17. The number of aryl methyl sites for hydroxylation is 1. The first-order valence-electron chi connectivity index (χ1n) is 11.8. The van der Waals surface area contributed by atoms with Crippen LogP contribution in [0, 0.1) is 6.92 Å². The molecule has 0 aliphatic heterocycles. The molecule has 0 bridgehead atoms. The van der Waals surface area contributed by atoms with Crippen LogP contribution in [0.4, 0.5) is 0 Å². The van der Waals surface area contributed by atoms with Gasteiger partial charge in [0.1, 0.15) is 11.5 Å². The van der Waals surface area contributed by atoms with Crippen LogP contribution in [0.15, 0.2) is 99.3 Å². The third kappa shape index (κ3) is 6.58. The van der Waals surface area contributed by atoms with Gasteiger partial charge >= 0.3 is 0 Å². The van der Waals surface area contributed by atoms with Crippen molar-refractivity contribution in [1.82, 2.24) is 5.32 Å². The van der Waals surface area contributed by atoms with Crippen LogP contribution in [0.1, 0.15) is 48.0 Å². The maximum absolute atomic E-state index is 12.7. The Morgan fingerprint density at radius 1 is 0.943 bits per heavy atom. The van der Waals surface area contributed by atoms with Crippen LogP contribution in [0.2, 0.25) is 0 Å². The molecular weight excluding hydrogens is 454 g/mol. The quantitative estimate of drug-likeness (QED) is 0.277. The number of nitrogens with one attached hydrogen (secondary N) is 1. The lowest BCUT2D eigenvalue weighted by molar-refractivity contribution is 0.0921. The van der Waals surface area contributed by atoms with Crippen LogP contribution < -0.4 is 10.1 Å². The van der Waals surface area contributed by atoms with Gasteiger partial charge in [0.2, 0.25) is 0 Å². The summed E-state index contributed by atoms with van der Waals surface area (Å²) < 4.78 is 11.9. The molecule has 1 heterocycles. The Kier molecular flexibility index (Phi) is 7.67. The highest BCUT2D eigenvalue weighted by molar-refractivity contribution is 7.99. The van der Waals surface area contributed by atoms with Gasteiger partial charge in [0.25, 0.3) is 5.91 Å². The highest BCUT2D eigenvalue weighted by Crippen LogP contribution is 2.35. The summed E-state index contributed by atoms with van der Waals surface area (Å²) in [4.78, 5) is 13.8. The van der Waals surface area contributed by atoms with E-state index in [1.165, 1.54) is 11.1 Å². The number of rotatable bonds is 8. The van der Waals surface area contributed by atoms with Crippen molar-refractivity contribution < 1.29 is 13.9 Å². The van der Waals surface area contributed by atoms with E-state index in [0.29, 0.717) is 23.8 Å². The van der Waals surface area contributed by atoms with Crippen molar-refractivity contribution >= 4 is 17.7 Å². The summed E-state index contributed by atoms with van der Waals surface area (Å²) in [6, 6.07) is 27.7. The predicted octanol–water partition coefficient (Wildman–Crippen LogP) is 7.80. The number of furan rings is 1. The Bertz CT molecular complexity index is 1290. The predicted molar refractivity (Wildman–Crippen MR) is 142 cm³/mol. The van der Waals surface area contributed by atoms with Gasteiger partial charge in [-0.1, -0.05) is 81.1 Å². The number of amides is 1. The van der Waals surface area contributed by atoms with E-state index in [0.717, 1.165) is 22.0 Å². The second kappa shape index (κ2) is 10.9. The minimum Gasteiger partial charge on any atom is -0.457 e. The molecule has 0 saturated heterocycles. The molecule has 3 aromatic carbocycles. The largest absolute Gasteiger partial charge is 0.457 e. The van der Waals surface area contributed by atoms with Crippen molar-refractivity contribution in [3.63, 3.8) is 0 Å². The first-order valence-corrected chi connectivity index (χ1v) is 12.6. The van der Waals surface area contributed by atoms with Crippen molar-refractivity contribution in [3.05, 3.63) is 107 Å². The third-order valence-electron chi connectivity index (χ3n) is 5.69. The lowest BCUT2D eigenvalue weighted by atomic mass is 9.87. The number of para-hydroxylation sites is 2. The van der Waals surface area contributed by atoms with Crippen LogP contribution in [0.3, 0.4) is 0 Å². The molecule has 0 spiro atoms. The van der Waals surface area contributed by atoms with Crippen molar-refractivity contribution in [1.29, 1.82) is 0 Å². The summed E-state index contributed by atoms with van der Waals surface area (Å²) in [5.74, 6) is 1.66. The second-order valence-electron chi connectivity index (χ2n) is 9.48. The van der Waals surface area contributed by atoms with Gasteiger partial charge < -0.3 is 14.5 Å². The maximum atomic E-state index is 12.7. The Morgan fingerprint density at radius 3 is 2.46 bits per heavy atom. The molecule has 180 valence electrons. The molecule has 0 aliphatic rings. The number of hydrogen-bond acceptors (Lipinski definition) is 4. The van der Waals surface area contributed by atoms with Gasteiger partial charge in [-0.05, 0) is 71.8 Å². The normalized spacial score (nSPS) is 11.3. The van der Waals surface area contributed by atoms with Crippen LogP contribution in [0.5, 0.6) is 11.5 Å². The van der Waals surface area contributed by atoms with Crippen molar-refractivity contribution in [2.45, 2.75) is 49.5 Å². The van der Waals surface area contributed by atoms with Gasteiger partial charge in [0.15, 0.2) is 10.9 Å². The summed E-state index contributed by atoms with van der Waals surface area (Å²) in [6.07, 6.45) is 0.649. The van der Waals surface area contributed by atoms with E-state index < -0.39 is 0 Å². The van der Waals surface area contributed by atoms with Crippen molar-refractivity contribution in [3.8, 4) is 11.5 Å². The van der Waals surface area contributed by atoms with E-state index in [9.17, 15) is 4.79 Å². The summed E-state index contributed by atoms with van der Waals surface area (Å²) in [5.41, 5.74) is 3.55. The highest BCUT2D eigenvalue weighted by atomic mass is 32.2. The average molecular weight is 486 g/mol. The molecule has 0 saturated carbocycles. The SMILES string of the molecule is Cc1ccc(C(C)(C)C)cc1Sc1ccc(C(=O)NCCc2ccccc2Oc2ccccc2)o1. The molecule has 4 nitrogen and oxygen atoms in total. The topological polar surface area (TPSA) is 51.5 Å². The molecule has 0 radical (unpaired) electrons. The summed E-state index contributed by atoms with van der Waals surface area (Å²) in [7, 11) is 0. The summed E-state index contributed by atoms with van der Waals surface area (Å²) >= 11 is 1.54. The standard InChI is InChI=1S/C30H31NO3S/c1-21-14-15-23(30(2,3)4)20-27(21)35-28-17-16-26(34-28)29(32)31-19-18-22-10-8-9-13-25(22)33-24-11-6-5-7-12-24/h5-17,20H,18-19H2,1-4H3,(H,31,32). The van der Waals surface area contributed by atoms with Crippen LogP contribution >= 0.6 is 11.8 Å². The zero-order chi connectivity index (χ0) is 24.8. The molecule has 35 heavy (non-hydrogen) atoms. The Morgan fingerprint density at radius 2 is 1.69 bits per heavy atom. The number of hydrogen-bond donors (Lipinski definition) is 1. The zero-order valence-corrected chi connectivity index (χ0v) is 21.4. The monoisotopic (exact) mass is 485 g/mol. The number of benzene rings is 3. The van der Waals surface area contributed by atoms with E-state index in [4.69, 9.17) is 9.15 Å². The van der Waals surface area contributed by atoms with Gasteiger partial charge in [-0.25, -0.2) is 0 Å². The molecule has 4 rings (SSSR count). The summed E-state index contributed by atoms with van der Waals surface area (Å²) in [6.45, 7) is 9.17. The van der Waals surface area contributed by atoms with Gasteiger partial charge in [-0.2, -0.15) is 0 Å². The lowest BCUT2D eigenvalue weighted by Gasteiger charge is -2.20. The van der Waals surface area contributed by atoms with Crippen LogP contribution in [-0.4, -0.2) is 12.5 Å². The van der Waals surface area contributed by atoms with Gasteiger partial charge in [0, 0.05) is 11.4 Å². The molecule has 1 N–H and O–H groups in total. The van der Waals surface area contributed by atoms with Gasteiger partial charge in [-0.15, -0.1) is 0 Å². The van der Waals surface area contributed by atoms with E-state index in [-0.39, 0.29) is 11.3 Å². The molecular formula is C30H31NO3S. The fraction of sp³-hybridized carbons (Fsp3) is 0.233. The summed E-state index contributed by atoms with van der Waals surface area (Å²) in [5, 5.41) is 3.66. The Hall–Kier alpha value is -3.44. The van der Waals surface area contributed by atoms with E-state index in [1.54, 1.807) is 17.8 Å². The molecule has 0 unspecified atom stereocenters. The lowest BCUT2D eigenvalue weighted by Crippen LogP contribution is -2.25. The van der Waals surface area contributed by atoms with Gasteiger partial charge in [0.05, 0.1) is 0 Å². The minimum absolute atomic E-state index is 0.0714. The fourth-order valence-corrected chi connectivity index (χ4v) is 4.50. The zero-order valence-electron chi connectivity index (χ0n) is 20.6. The minimum atomic E-state index is -0.224. The number of carbonyl (C=O) groups is 1. The molecule has 1 aromatic heterocycles. The van der Waals surface area contributed by atoms with Crippen molar-refractivity contribution in [2.75, 3.05) is 6.54 Å². The van der Waals surface area contributed by atoms with Crippen LogP contribution in [-0.2, 0) is 11.8 Å². The smallest absolute Gasteiger partial charge is 0.287 e. The fourth-order valence-electron chi connectivity index (χ4n) is 3.61. The van der Waals surface area contributed by atoms with Crippen molar-refractivity contribution in [2.24, 2.45) is 0 Å². The van der Waals surface area contributed by atoms with Gasteiger partial charge in [-0.3, -0.25) is 4.79 Å². The third-order valence-corrected chi connectivity index (χ3v) is 6.77. The number of ether oxygens (including phenoxy) is 1. The van der Waals surface area contributed by atoms with E-state index in [2.05, 4.69) is 51.2 Å². The Labute approximate surface area is 211 Å². The average Bonchev–Trinajstić information content (AvgIpc) is 3.30. The van der Waals surface area contributed by atoms with E-state index >= 15 is 0 Å². The van der Waals surface area contributed by atoms with Crippen LogP contribution in [0.25, 0.3) is 0 Å². The molecule has 5 heteroatoms. The second-order valence-corrected chi connectivity index (χ2v) is 10.5. The van der Waals surface area contributed by atoms with E-state index in [1.807, 2.05) is 60.7 Å². The molecule has 4 aromatic rings. The maximum Gasteiger partial charge on any atom is 0.287 e. The molecule has 0 atom stereocenters.